The van der Waals surface area contributed by atoms with Crippen LogP contribution >= 0.6 is 12.2 Å². The summed E-state index contributed by atoms with van der Waals surface area (Å²) in [6, 6.07) is 11.0. The Labute approximate surface area is 127 Å². The number of nitrogens with one attached hydrogen (secondary N) is 1. The van der Waals surface area contributed by atoms with Gasteiger partial charge in [-0.1, -0.05) is 30.4 Å². The van der Waals surface area contributed by atoms with Crippen molar-refractivity contribution in [1.29, 1.82) is 0 Å². The fourth-order valence-electron chi connectivity index (χ4n) is 1.82. The van der Waals surface area contributed by atoms with Crippen molar-refractivity contribution in [2.24, 2.45) is 5.73 Å². The molecule has 0 aliphatic heterocycles. The third kappa shape index (κ3) is 3.70. The Morgan fingerprint density at radius 1 is 1.19 bits per heavy atom. The number of benzene rings is 2. The number of carbonyl (C=O) groups excluding carboxylic acids is 1. The molecular weight excluding hydrogens is 288 g/mol. The lowest BCUT2D eigenvalue weighted by Gasteiger charge is -2.08. The summed E-state index contributed by atoms with van der Waals surface area (Å²) in [5, 5.41) is 21.5. The second kappa shape index (κ2) is 6.23. The minimum atomic E-state index is -0.437. The lowest BCUT2D eigenvalue weighted by atomic mass is 10.1. The number of rotatable bonds is 4. The molecule has 21 heavy (non-hydrogen) atoms. The van der Waals surface area contributed by atoms with Gasteiger partial charge in [0, 0.05) is 18.2 Å². The first-order chi connectivity index (χ1) is 9.97. The Bertz CT molecular complexity index is 701. The monoisotopic (exact) mass is 302 g/mol. The highest BCUT2D eigenvalue weighted by atomic mass is 32.1. The van der Waals surface area contributed by atoms with Gasteiger partial charge in [-0.2, -0.15) is 0 Å². The molecular formula is C15H14N2O3S. The normalized spacial score (nSPS) is 10.1. The maximum Gasteiger partial charge on any atom is 0.255 e. The fourth-order valence-corrected chi connectivity index (χ4v) is 1.95. The van der Waals surface area contributed by atoms with Gasteiger partial charge in [-0.15, -0.1) is 0 Å². The largest absolute Gasteiger partial charge is 0.508 e. The lowest BCUT2D eigenvalue weighted by molar-refractivity contribution is 0.0948. The molecule has 1 amide bonds. The predicted molar refractivity (Wildman–Crippen MR) is 83.3 cm³/mol. The van der Waals surface area contributed by atoms with Gasteiger partial charge in [-0.05, 0) is 23.8 Å². The summed E-state index contributed by atoms with van der Waals surface area (Å²) >= 11 is 4.90. The number of nitrogens with two attached hydrogens (primary N) is 1. The first-order valence-corrected chi connectivity index (χ1v) is 6.57. The minimum absolute atomic E-state index is 0.0956. The van der Waals surface area contributed by atoms with Crippen molar-refractivity contribution in [1.82, 2.24) is 5.32 Å². The van der Waals surface area contributed by atoms with Crippen molar-refractivity contribution in [2.45, 2.75) is 6.54 Å². The van der Waals surface area contributed by atoms with Gasteiger partial charge in [0.2, 0.25) is 0 Å². The topological polar surface area (TPSA) is 95.6 Å². The average molecular weight is 302 g/mol. The van der Waals surface area contributed by atoms with Gasteiger partial charge in [-0.25, -0.2) is 0 Å². The Morgan fingerprint density at radius 2 is 1.95 bits per heavy atom. The highest BCUT2D eigenvalue weighted by molar-refractivity contribution is 7.80. The van der Waals surface area contributed by atoms with Crippen LogP contribution < -0.4 is 11.1 Å². The van der Waals surface area contributed by atoms with Gasteiger partial charge in [-0.3, -0.25) is 4.79 Å². The van der Waals surface area contributed by atoms with Crippen LogP contribution in [0.5, 0.6) is 11.5 Å². The van der Waals surface area contributed by atoms with Crippen LogP contribution in [-0.4, -0.2) is 21.1 Å². The van der Waals surface area contributed by atoms with Gasteiger partial charge in [0.05, 0.1) is 5.56 Å². The van der Waals surface area contributed by atoms with Gasteiger partial charge in [0.25, 0.3) is 5.91 Å². The Hall–Kier alpha value is -2.60. The molecule has 0 aliphatic carbocycles. The summed E-state index contributed by atoms with van der Waals surface area (Å²) in [5.74, 6) is -0.814. The molecule has 0 spiro atoms. The molecule has 5 nitrogen and oxygen atoms in total. The zero-order valence-electron chi connectivity index (χ0n) is 11.0. The summed E-state index contributed by atoms with van der Waals surface area (Å²) < 4.78 is 0. The van der Waals surface area contributed by atoms with Crippen LogP contribution in [0.1, 0.15) is 21.5 Å². The Kier molecular flexibility index (Phi) is 4.39. The quantitative estimate of drug-likeness (QED) is 0.644. The van der Waals surface area contributed by atoms with E-state index in [0.717, 1.165) is 17.2 Å². The fraction of sp³-hybridized carbons (Fsp3) is 0.0667. The second-order valence-electron chi connectivity index (χ2n) is 4.45. The van der Waals surface area contributed by atoms with E-state index in [1.54, 1.807) is 18.2 Å². The molecule has 0 bridgehead atoms. The van der Waals surface area contributed by atoms with E-state index in [1.165, 1.54) is 12.1 Å². The molecule has 6 heteroatoms. The van der Waals surface area contributed by atoms with Crippen LogP contribution in [-0.2, 0) is 6.54 Å². The van der Waals surface area contributed by atoms with Gasteiger partial charge in [0.15, 0.2) is 0 Å². The summed E-state index contributed by atoms with van der Waals surface area (Å²) in [4.78, 5) is 12.3. The number of hydrogen-bond donors (Lipinski definition) is 4. The van der Waals surface area contributed by atoms with E-state index >= 15 is 0 Å². The van der Waals surface area contributed by atoms with E-state index in [2.05, 4.69) is 5.32 Å². The molecule has 2 rings (SSSR count). The molecule has 108 valence electrons. The zero-order valence-corrected chi connectivity index (χ0v) is 11.9. The third-order valence-electron chi connectivity index (χ3n) is 2.89. The molecule has 0 aromatic heterocycles. The van der Waals surface area contributed by atoms with E-state index in [4.69, 9.17) is 18.0 Å². The summed E-state index contributed by atoms with van der Waals surface area (Å²) in [6.07, 6.45) is 0. The second-order valence-corrected chi connectivity index (χ2v) is 4.89. The van der Waals surface area contributed by atoms with E-state index in [-0.39, 0.29) is 23.6 Å². The third-order valence-corrected chi connectivity index (χ3v) is 3.13. The van der Waals surface area contributed by atoms with Gasteiger partial charge >= 0.3 is 0 Å². The Morgan fingerprint density at radius 3 is 2.62 bits per heavy atom. The smallest absolute Gasteiger partial charge is 0.255 e. The van der Waals surface area contributed by atoms with Crippen LogP contribution in [0.15, 0.2) is 42.5 Å². The molecule has 0 saturated heterocycles. The van der Waals surface area contributed by atoms with Crippen LogP contribution in [0.4, 0.5) is 0 Å². The highest BCUT2D eigenvalue weighted by Gasteiger charge is 2.11. The van der Waals surface area contributed by atoms with E-state index in [0.29, 0.717) is 4.99 Å². The van der Waals surface area contributed by atoms with E-state index < -0.39 is 5.91 Å². The number of phenolic OH excluding ortho intramolecular Hbond substituents is 2. The van der Waals surface area contributed by atoms with Crippen molar-refractivity contribution in [2.75, 3.05) is 0 Å². The molecule has 0 unspecified atom stereocenters. The van der Waals surface area contributed by atoms with Crippen molar-refractivity contribution < 1.29 is 15.0 Å². The van der Waals surface area contributed by atoms with Crippen LogP contribution in [0.3, 0.4) is 0 Å². The number of hydrogen-bond acceptors (Lipinski definition) is 4. The van der Waals surface area contributed by atoms with Crippen LogP contribution in [0.25, 0.3) is 0 Å². The van der Waals surface area contributed by atoms with E-state index in [1.807, 2.05) is 6.07 Å². The van der Waals surface area contributed by atoms with Gasteiger partial charge < -0.3 is 21.3 Å². The predicted octanol–water partition coefficient (Wildman–Crippen LogP) is 1.66. The Balaban J connectivity index is 2.07. The van der Waals surface area contributed by atoms with Crippen molar-refractivity contribution in [3.8, 4) is 11.5 Å². The maximum atomic E-state index is 12.0. The number of carbonyl (C=O) groups is 1. The van der Waals surface area contributed by atoms with Crippen LogP contribution in [0.2, 0.25) is 0 Å². The molecule has 0 heterocycles. The molecule has 0 fully saturated rings. The van der Waals surface area contributed by atoms with Crippen molar-refractivity contribution in [3.05, 3.63) is 59.2 Å². The first kappa shape index (κ1) is 14.8. The molecule has 0 atom stereocenters. The van der Waals surface area contributed by atoms with Crippen molar-refractivity contribution >= 4 is 23.1 Å². The molecule has 0 radical (unpaired) electrons. The standard InChI is InChI=1S/C15H14N2O3S/c16-14(21)10-3-1-2-9(6-10)8-17-15(20)12-5-4-11(18)7-13(12)19/h1-7,18-19H,8H2,(H2,16,21)(H,17,20). The zero-order chi connectivity index (χ0) is 15.4. The molecule has 2 aromatic carbocycles. The van der Waals surface area contributed by atoms with Crippen LogP contribution in [0, 0.1) is 0 Å². The number of amides is 1. The highest BCUT2D eigenvalue weighted by Crippen LogP contribution is 2.22. The number of thiocarbonyl (C=S) groups is 1. The summed E-state index contributed by atoms with van der Waals surface area (Å²) in [6.45, 7) is 0.273. The first-order valence-electron chi connectivity index (χ1n) is 6.16. The summed E-state index contributed by atoms with van der Waals surface area (Å²) in [5.41, 5.74) is 7.21. The molecule has 2 aromatic rings. The maximum absolute atomic E-state index is 12.0. The number of aromatic hydroxyl groups is 2. The lowest BCUT2D eigenvalue weighted by Crippen LogP contribution is -2.23. The van der Waals surface area contributed by atoms with Gasteiger partial charge in [0.1, 0.15) is 16.5 Å². The minimum Gasteiger partial charge on any atom is -0.508 e. The molecule has 0 saturated carbocycles. The SMILES string of the molecule is NC(=S)c1cccc(CNC(=O)c2ccc(O)cc2O)c1. The average Bonchev–Trinajstić information content (AvgIpc) is 2.45. The summed E-state index contributed by atoms with van der Waals surface area (Å²) in [7, 11) is 0. The molecule has 0 aliphatic rings. The molecule has 5 N–H and O–H groups in total. The van der Waals surface area contributed by atoms with E-state index in [9.17, 15) is 15.0 Å². The van der Waals surface area contributed by atoms with Crippen molar-refractivity contribution in [3.63, 3.8) is 0 Å². The number of phenols is 2.